The Kier molecular flexibility index (Phi) is 4.84. The van der Waals surface area contributed by atoms with Crippen LogP contribution in [0.15, 0.2) is 21.9 Å². The SMILES string of the molecule is COc1ccnc2c1c(=O)n(CC(=O)NCC1CCCO1)c(=O)n2C. The molecule has 1 aliphatic heterocycles. The van der Waals surface area contributed by atoms with Crippen molar-refractivity contribution in [3.8, 4) is 5.75 Å². The second kappa shape index (κ2) is 7.06. The molecule has 2 aromatic heterocycles. The average Bonchev–Trinajstić information content (AvgIpc) is 3.14. The van der Waals surface area contributed by atoms with E-state index in [1.807, 2.05) is 0 Å². The lowest BCUT2D eigenvalue weighted by Crippen LogP contribution is -2.44. The van der Waals surface area contributed by atoms with E-state index >= 15 is 0 Å². The Bertz CT molecular complexity index is 911. The van der Waals surface area contributed by atoms with Crippen molar-refractivity contribution < 1.29 is 14.3 Å². The van der Waals surface area contributed by atoms with Crippen molar-refractivity contribution in [1.82, 2.24) is 19.4 Å². The zero-order chi connectivity index (χ0) is 18.0. The summed E-state index contributed by atoms with van der Waals surface area (Å²) in [4.78, 5) is 41.4. The first kappa shape index (κ1) is 17.2. The van der Waals surface area contributed by atoms with Crippen LogP contribution in [0.1, 0.15) is 12.8 Å². The molecule has 9 nitrogen and oxygen atoms in total. The number of pyridine rings is 1. The lowest BCUT2D eigenvalue weighted by Gasteiger charge is -2.13. The fourth-order valence-corrected chi connectivity index (χ4v) is 2.92. The summed E-state index contributed by atoms with van der Waals surface area (Å²) in [6, 6.07) is 1.54. The van der Waals surface area contributed by atoms with Gasteiger partial charge in [-0.1, -0.05) is 0 Å². The van der Waals surface area contributed by atoms with Gasteiger partial charge in [-0.25, -0.2) is 14.3 Å². The van der Waals surface area contributed by atoms with Gasteiger partial charge in [0.15, 0.2) is 5.65 Å². The van der Waals surface area contributed by atoms with E-state index in [1.54, 1.807) is 0 Å². The van der Waals surface area contributed by atoms with Crippen LogP contribution in [-0.2, 0) is 23.1 Å². The number of aryl methyl sites for hydroxylation is 1. The van der Waals surface area contributed by atoms with E-state index in [9.17, 15) is 14.4 Å². The highest BCUT2D eigenvalue weighted by atomic mass is 16.5. The first-order chi connectivity index (χ1) is 12.0. The van der Waals surface area contributed by atoms with Gasteiger partial charge in [0.1, 0.15) is 17.7 Å². The molecule has 1 N–H and O–H groups in total. The fraction of sp³-hybridized carbons (Fsp3) is 0.500. The molecule has 3 rings (SSSR count). The molecule has 0 aromatic carbocycles. The van der Waals surface area contributed by atoms with Crippen LogP contribution < -0.4 is 21.3 Å². The normalized spacial score (nSPS) is 17.0. The minimum absolute atomic E-state index is 0.00981. The number of fused-ring (bicyclic) bond motifs is 1. The molecule has 9 heteroatoms. The molecule has 1 unspecified atom stereocenters. The molecule has 0 aliphatic carbocycles. The van der Waals surface area contributed by atoms with Crippen molar-refractivity contribution in [1.29, 1.82) is 0 Å². The molecule has 1 saturated heterocycles. The molecule has 0 radical (unpaired) electrons. The number of aromatic nitrogens is 3. The van der Waals surface area contributed by atoms with E-state index < -0.39 is 17.2 Å². The number of methoxy groups -OCH3 is 1. The molecular formula is C16H20N4O5. The van der Waals surface area contributed by atoms with Gasteiger partial charge < -0.3 is 14.8 Å². The molecule has 1 atom stereocenters. The number of hydrogen-bond donors (Lipinski definition) is 1. The van der Waals surface area contributed by atoms with Crippen molar-refractivity contribution in [3.63, 3.8) is 0 Å². The highest BCUT2D eigenvalue weighted by Crippen LogP contribution is 2.18. The number of carbonyl (C=O) groups is 1. The van der Waals surface area contributed by atoms with Crippen LogP contribution in [0.5, 0.6) is 5.75 Å². The third-order valence-electron chi connectivity index (χ3n) is 4.26. The van der Waals surface area contributed by atoms with Gasteiger partial charge in [-0.2, -0.15) is 0 Å². The van der Waals surface area contributed by atoms with Gasteiger partial charge in [0, 0.05) is 26.4 Å². The highest BCUT2D eigenvalue weighted by molar-refractivity contribution is 5.81. The van der Waals surface area contributed by atoms with E-state index in [2.05, 4.69) is 10.3 Å². The number of hydrogen-bond acceptors (Lipinski definition) is 6. The molecule has 1 aliphatic rings. The monoisotopic (exact) mass is 348 g/mol. The van der Waals surface area contributed by atoms with Crippen LogP contribution in [-0.4, -0.2) is 46.4 Å². The molecule has 1 amide bonds. The largest absolute Gasteiger partial charge is 0.496 e. The molecule has 134 valence electrons. The zero-order valence-corrected chi connectivity index (χ0v) is 14.2. The van der Waals surface area contributed by atoms with Crippen molar-refractivity contribution in [2.24, 2.45) is 7.05 Å². The van der Waals surface area contributed by atoms with Crippen molar-refractivity contribution >= 4 is 16.9 Å². The predicted octanol–water partition coefficient (Wildman–Crippen LogP) is -0.601. The highest BCUT2D eigenvalue weighted by Gasteiger charge is 2.19. The number of carbonyl (C=O) groups excluding carboxylic acids is 1. The first-order valence-corrected chi connectivity index (χ1v) is 8.03. The van der Waals surface area contributed by atoms with Crippen molar-refractivity contribution in [3.05, 3.63) is 33.1 Å². The summed E-state index contributed by atoms with van der Waals surface area (Å²) in [5, 5.41) is 2.87. The van der Waals surface area contributed by atoms with E-state index in [1.165, 1.54) is 31.0 Å². The van der Waals surface area contributed by atoms with E-state index in [-0.39, 0.29) is 23.7 Å². The number of nitrogens with zero attached hydrogens (tertiary/aromatic N) is 3. The van der Waals surface area contributed by atoms with Gasteiger partial charge in [0.2, 0.25) is 5.91 Å². The summed E-state index contributed by atoms with van der Waals surface area (Å²) in [7, 11) is 2.93. The van der Waals surface area contributed by atoms with Crippen LogP contribution in [0.2, 0.25) is 0 Å². The topological polar surface area (TPSA) is 104 Å². The lowest BCUT2D eigenvalue weighted by molar-refractivity contribution is -0.122. The third-order valence-corrected chi connectivity index (χ3v) is 4.26. The molecule has 3 heterocycles. The standard InChI is InChI=1S/C16H20N4O5/c1-19-14-13(11(24-2)5-6-17-14)15(22)20(16(19)23)9-12(21)18-8-10-4-3-7-25-10/h5-6,10H,3-4,7-9H2,1-2H3,(H,18,21). The zero-order valence-electron chi connectivity index (χ0n) is 14.2. The summed E-state index contributed by atoms with van der Waals surface area (Å²) >= 11 is 0. The number of amides is 1. The minimum atomic E-state index is -0.606. The molecule has 0 bridgehead atoms. The molecular weight excluding hydrogens is 328 g/mol. The Balaban J connectivity index is 1.91. The van der Waals surface area contributed by atoms with Crippen molar-refractivity contribution in [2.75, 3.05) is 20.3 Å². The maximum atomic E-state index is 12.7. The molecule has 1 fully saturated rings. The Morgan fingerprint density at radius 1 is 1.48 bits per heavy atom. The third kappa shape index (κ3) is 3.27. The Hall–Kier alpha value is -2.68. The number of ether oxygens (including phenoxy) is 2. The molecule has 0 saturated carbocycles. The van der Waals surface area contributed by atoms with Crippen molar-refractivity contribution in [2.45, 2.75) is 25.5 Å². The summed E-state index contributed by atoms with van der Waals surface area (Å²) in [5.41, 5.74) is -0.994. The van der Waals surface area contributed by atoms with Gasteiger partial charge in [-0.05, 0) is 18.9 Å². The van der Waals surface area contributed by atoms with Crippen LogP contribution in [0.3, 0.4) is 0 Å². The van der Waals surface area contributed by atoms with Gasteiger partial charge in [0.05, 0.1) is 13.2 Å². The summed E-state index contributed by atoms with van der Waals surface area (Å²) in [6.07, 6.45) is 3.31. The number of rotatable bonds is 5. The summed E-state index contributed by atoms with van der Waals surface area (Å²) in [5.74, 6) is -0.115. The van der Waals surface area contributed by atoms with E-state index in [0.717, 1.165) is 17.4 Å². The molecule has 25 heavy (non-hydrogen) atoms. The van der Waals surface area contributed by atoms with Gasteiger partial charge >= 0.3 is 5.69 Å². The Morgan fingerprint density at radius 3 is 2.96 bits per heavy atom. The second-order valence-electron chi connectivity index (χ2n) is 5.88. The minimum Gasteiger partial charge on any atom is -0.496 e. The number of nitrogens with one attached hydrogen (secondary N) is 1. The molecule has 2 aromatic rings. The summed E-state index contributed by atoms with van der Waals surface area (Å²) < 4.78 is 12.7. The van der Waals surface area contributed by atoms with Crippen LogP contribution in [0.25, 0.3) is 11.0 Å². The Morgan fingerprint density at radius 2 is 2.28 bits per heavy atom. The predicted molar refractivity (Wildman–Crippen MR) is 89.8 cm³/mol. The maximum absolute atomic E-state index is 12.7. The van der Waals surface area contributed by atoms with E-state index in [4.69, 9.17) is 9.47 Å². The fourth-order valence-electron chi connectivity index (χ4n) is 2.92. The van der Waals surface area contributed by atoms with Gasteiger partial charge in [-0.15, -0.1) is 0 Å². The quantitative estimate of drug-likeness (QED) is 0.774. The lowest BCUT2D eigenvalue weighted by atomic mass is 10.2. The van der Waals surface area contributed by atoms with Crippen LogP contribution in [0, 0.1) is 0 Å². The average molecular weight is 348 g/mol. The van der Waals surface area contributed by atoms with E-state index in [0.29, 0.717) is 18.9 Å². The Labute approximate surface area is 143 Å². The maximum Gasteiger partial charge on any atom is 0.332 e. The second-order valence-corrected chi connectivity index (χ2v) is 5.88. The van der Waals surface area contributed by atoms with Gasteiger partial charge in [-0.3, -0.25) is 14.2 Å². The van der Waals surface area contributed by atoms with Gasteiger partial charge in [0.25, 0.3) is 5.56 Å². The first-order valence-electron chi connectivity index (χ1n) is 8.03. The van der Waals surface area contributed by atoms with Crippen LogP contribution in [0.4, 0.5) is 0 Å². The summed E-state index contributed by atoms with van der Waals surface area (Å²) in [6.45, 7) is 0.691. The van der Waals surface area contributed by atoms with Crippen LogP contribution >= 0.6 is 0 Å². The smallest absolute Gasteiger partial charge is 0.332 e. The molecule has 0 spiro atoms.